The van der Waals surface area contributed by atoms with Crippen LogP contribution in [0, 0.1) is 55.2 Å². The van der Waals surface area contributed by atoms with E-state index < -0.39 is 0 Å². The summed E-state index contributed by atoms with van der Waals surface area (Å²) in [5.74, 6) is 2.13. The van der Waals surface area contributed by atoms with Crippen molar-refractivity contribution in [3.05, 3.63) is 336 Å². The number of benzene rings is 2. The van der Waals surface area contributed by atoms with Gasteiger partial charge in [0.05, 0.1) is 11.7 Å². The molecule has 1 unspecified atom stereocenters. The van der Waals surface area contributed by atoms with Crippen molar-refractivity contribution >= 4 is 50.2 Å². The highest BCUT2D eigenvalue weighted by Crippen LogP contribution is 2.41. The van der Waals surface area contributed by atoms with E-state index >= 15 is 0 Å². The number of imidazole rings is 4. The second-order valence-corrected chi connectivity index (χ2v) is 43.1. The molecule has 2 aliphatic rings. The topological polar surface area (TPSA) is 139 Å². The molecule has 18 rings (SSSR count). The summed E-state index contributed by atoms with van der Waals surface area (Å²) in [5.41, 5.74) is 13.0. The molecule has 0 bridgehead atoms. The van der Waals surface area contributed by atoms with E-state index in [9.17, 15) is 0 Å². The minimum Gasteiger partial charge on any atom is -0.324 e. The summed E-state index contributed by atoms with van der Waals surface area (Å²) in [4.78, 5) is 28.2. The fourth-order valence-electron chi connectivity index (χ4n) is 9.19. The molecule has 2 aromatic carbocycles. The molecule has 1 atom stereocenters. The lowest BCUT2D eigenvalue weighted by Crippen LogP contribution is -2.16. The first kappa shape index (κ1) is 147. The Labute approximate surface area is 878 Å². The number of aryl methyl sites for hydroxylation is 1. The molecule has 0 spiro atoms. The van der Waals surface area contributed by atoms with Crippen LogP contribution in [-0.2, 0) is 7.05 Å². The van der Waals surface area contributed by atoms with Crippen molar-refractivity contribution in [1.29, 1.82) is 0 Å². The van der Waals surface area contributed by atoms with Crippen LogP contribution in [0.15, 0.2) is 336 Å². The molecule has 16 heteroatoms. The number of aromatic nitrogens is 16. The zero-order valence-corrected chi connectivity index (χ0v) is 101. The van der Waals surface area contributed by atoms with Gasteiger partial charge in [0, 0.05) is 155 Å². The number of pyridine rings is 3. The number of hydrogen-bond donors (Lipinski definition) is 0. The number of nitrogens with zero attached hydrogens (tertiary/aromatic N) is 16. The molecule has 802 valence electrons. The molecule has 16 aromatic rings. The van der Waals surface area contributed by atoms with Crippen molar-refractivity contribution in [3.63, 3.8) is 0 Å². The molecule has 0 saturated heterocycles. The van der Waals surface area contributed by atoms with Gasteiger partial charge >= 0.3 is 0 Å². The SMILES string of the molecule is CC.CC.CC.CC.CC.CC.CC.CC.CC.CC(C)(C)C.CC(C)(C)C.CC(C)(C)C.CC(C)(C)C.CC(C)(C)C.CC(C)(C)C.CC(C)(C)C.CC(C)(C)C1=CC=C2C=CC=CC21.CC(C)C.Cn1ccc2nccn21.c1ccc2ccccc2c1.c1ccn2cccc2c1.c1ccn2ccnc2c1.c1ccn2nccc2c1.c1cn2ccnc2cn1.c1cnc2cccn2c1.c1cnc2nccn2c1. The van der Waals surface area contributed by atoms with E-state index in [1.54, 1.807) is 55.8 Å². The van der Waals surface area contributed by atoms with Gasteiger partial charge in [0.15, 0.2) is 11.3 Å². The summed E-state index contributed by atoms with van der Waals surface area (Å²) in [5, 5.41) is 6.66. The van der Waals surface area contributed by atoms with Gasteiger partial charge in [0.1, 0.15) is 11.3 Å². The summed E-state index contributed by atoms with van der Waals surface area (Å²) in [7, 11) is 1.98. The Kier molecular flexibility index (Phi) is 87.2. The van der Waals surface area contributed by atoms with Crippen molar-refractivity contribution in [2.45, 2.75) is 360 Å². The van der Waals surface area contributed by atoms with Crippen LogP contribution >= 0.6 is 0 Å². The molecule has 0 radical (unpaired) electrons. The van der Waals surface area contributed by atoms with E-state index in [0.717, 1.165) is 39.8 Å². The van der Waals surface area contributed by atoms with Gasteiger partial charge in [-0.3, -0.25) is 14.1 Å². The zero-order chi connectivity index (χ0) is 112. The van der Waals surface area contributed by atoms with Crippen molar-refractivity contribution < 1.29 is 0 Å². The molecule has 0 N–H and O–H groups in total. The third-order valence-electron chi connectivity index (χ3n) is 13.5. The molecule has 0 amide bonds. The average Bonchev–Trinajstić information content (AvgIpc) is 1.66. The van der Waals surface area contributed by atoms with Crippen LogP contribution in [0.25, 0.3) is 50.2 Å². The molecule has 14 aromatic heterocycles. The van der Waals surface area contributed by atoms with Gasteiger partial charge in [-0.2, -0.15) is 5.10 Å². The molecule has 14 heterocycles. The summed E-state index contributed by atoms with van der Waals surface area (Å²) in [6.07, 6.45) is 54.3. The predicted molar refractivity (Wildman–Crippen MR) is 643 cm³/mol. The minimum atomic E-state index is 0.290. The Balaban J connectivity index is -0.000000225. The largest absolute Gasteiger partial charge is 0.324 e. The van der Waals surface area contributed by atoms with Crippen LogP contribution in [0.2, 0.25) is 0 Å². The molecular weight excluding hydrogens is 1750 g/mol. The van der Waals surface area contributed by atoms with E-state index in [0.29, 0.717) is 49.2 Å². The Morgan fingerprint density at radius 3 is 1.02 bits per heavy atom. The van der Waals surface area contributed by atoms with E-state index in [1.165, 1.54) is 27.4 Å². The molecule has 0 saturated carbocycles. The van der Waals surface area contributed by atoms with Gasteiger partial charge in [0.25, 0.3) is 0 Å². The van der Waals surface area contributed by atoms with Crippen LogP contribution in [0.1, 0.15) is 360 Å². The summed E-state index contributed by atoms with van der Waals surface area (Å²) in [6, 6.07) is 50.5. The summed E-state index contributed by atoms with van der Waals surface area (Å²) >= 11 is 0. The van der Waals surface area contributed by atoms with Gasteiger partial charge < -0.3 is 17.6 Å². The van der Waals surface area contributed by atoms with E-state index in [-0.39, 0.29) is 0 Å². The molecular formula is C127H214N16. The van der Waals surface area contributed by atoms with Crippen LogP contribution in [0.4, 0.5) is 0 Å². The maximum absolute atomic E-state index is 4.10. The Hall–Kier alpha value is -11.5. The van der Waals surface area contributed by atoms with Crippen LogP contribution < -0.4 is 0 Å². The summed E-state index contributed by atoms with van der Waals surface area (Å²) in [6.45, 7) is 111. The number of rotatable bonds is 0. The second kappa shape index (κ2) is 84.9. The normalized spacial score (nSPS) is 11.1. The average molecular weight is 1970 g/mol. The smallest absolute Gasteiger partial charge is 0.233 e. The van der Waals surface area contributed by atoms with Crippen LogP contribution in [0.3, 0.4) is 0 Å². The highest BCUT2D eigenvalue weighted by atomic mass is 15.4. The van der Waals surface area contributed by atoms with Crippen LogP contribution in [0.5, 0.6) is 0 Å². The van der Waals surface area contributed by atoms with Gasteiger partial charge in [-0.15, -0.1) is 0 Å². The molecule has 0 aliphatic heterocycles. The van der Waals surface area contributed by atoms with E-state index in [2.05, 4.69) is 377 Å². The second-order valence-electron chi connectivity index (χ2n) is 43.1. The fourth-order valence-corrected chi connectivity index (χ4v) is 9.19. The first-order chi connectivity index (χ1) is 67.0. The third kappa shape index (κ3) is 91.4. The fraction of sp³-hybridized carbons (Fsp3) is 0.496. The van der Waals surface area contributed by atoms with Crippen molar-refractivity contribution in [2.24, 2.45) is 62.2 Å². The van der Waals surface area contributed by atoms with Crippen molar-refractivity contribution in [1.82, 2.24) is 75.7 Å². The maximum atomic E-state index is 4.10. The van der Waals surface area contributed by atoms with Crippen molar-refractivity contribution in [2.75, 3.05) is 0 Å². The summed E-state index contributed by atoms with van der Waals surface area (Å²) < 4.78 is 15.6. The zero-order valence-electron chi connectivity index (χ0n) is 101. The van der Waals surface area contributed by atoms with Gasteiger partial charge in [-0.05, 0) is 144 Å². The lowest BCUT2D eigenvalue weighted by molar-refractivity contribution is 0.469. The first-order valence-corrected chi connectivity index (χ1v) is 52.7. The maximum Gasteiger partial charge on any atom is 0.233 e. The molecule has 143 heavy (non-hydrogen) atoms. The van der Waals surface area contributed by atoms with Gasteiger partial charge in [0.2, 0.25) is 5.78 Å². The molecule has 0 fully saturated rings. The Morgan fingerprint density at radius 2 is 0.587 bits per heavy atom. The number of allylic oxidation sites excluding steroid dienone is 8. The third-order valence-corrected chi connectivity index (χ3v) is 13.5. The van der Waals surface area contributed by atoms with Gasteiger partial charge in [-0.25, -0.2) is 38.9 Å². The van der Waals surface area contributed by atoms with Crippen molar-refractivity contribution in [3.8, 4) is 0 Å². The molecule has 16 nitrogen and oxygen atoms in total. The highest BCUT2D eigenvalue weighted by Gasteiger charge is 2.28. The van der Waals surface area contributed by atoms with E-state index in [4.69, 9.17) is 0 Å². The van der Waals surface area contributed by atoms with Crippen LogP contribution in [-0.4, -0.2) is 75.7 Å². The minimum absolute atomic E-state index is 0.290. The highest BCUT2D eigenvalue weighted by molar-refractivity contribution is 5.82. The lowest BCUT2D eigenvalue weighted by Gasteiger charge is -2.27. The van der Waals surface area contributed by atoms with E-state index in [1.807, 2.05) is 335 Å². The predicted octanol–water partition coefficient (Wildman–Crippen LogP) is 39.8. The first-order valence-electron chi connectivity index (χ1n) is 52.7. The number of hydrogen-bond acceptors (Lipinski definition) is 8. The Morgan fingerprint density at radius 1 is 0.266 bits per heavy atom. The molecule has 2 aliphatic carbocycles. The lowest BCUT2D eigenvalue weighted by atomic mass is 9.77. The Bertz CT molecular complexity index is 4680. The quantitative estimate of drug-likeness (QED) is 0.146. The van der Waals surface area contributed by atoms with Gasteiger partial charge in [-0.1, -0.05) is 469 Å². The standard InChI is InChI=1S/C13H16.C10H8.C8H7N.3C7H6N2.C6H7N3.2C6H5N3.7C5H12.C4H10.9C2H6/c1-13(2,3)12-9-8-10-6-4-5-7-11(10)12;1-2-6-10-8-4-3-7-9(10)5-1;1-2-6-9-7-3-5-8(9)4-1;1-3-7-8-4-2-6-9(7)5-1;1-2-6-9-7(3-1)4-5-8-9;1-2-5-9-6-4-8-7(9)3-1;1-8-4-2-6-7-3-5-9(6)8;1-3-9-4-2-8-6(9)5-7-1;1-2-7-6-8-3-5-9(6)4-1;7*1-5(2,3)4;1-4(2)3;9*1-2/h4-9,11H,1-3H3;1-8H;1-7H;3*1-6H;2-5H,1H3;2*1-5H;7*1-4H3;4H,1-3H3;9*1-2H3. The number of fused-ring (bicyclic) bond motifs is 9. The monoisotopic (exact) mass is 1960 g/mol.